The summed E-state index contributed by atoms with van der Waals surface area (Å²) in [4.78, 5) is 32.7. The van der Waals surface area contributed by atoms with Crippen molar-refractivity contribution in [2.24, 2.45) is 9.98 Å². The number of benzene rings is 1. The van der Waals surface area contributed by atoms with Crippen molar-refractivity contribution >= 4 is 34.8 Å². The van der Waals surface area contributed by atoms with Crippen LogP contribution in [0.2, 0.25) is 0 Å². The molecule has 1 aromatic carbocycles. The van der Waals surface area contributed by atoms with Gasteiger partial charge in [-0.2, -0.15) is 0 Å². The number of hydrogen-bond acceptors (Lipinski definition) is 8. The Morgan fingerprint density at radius 2 is 2.16 bits per heavy atom. The molecule has 0 bridgehead atoms. The summed E-state index contributed by atoms with van der Waals surface area (Å²) in [7, 11) is 2.01. The Balaban J connectivity index is 1.69. The summed E-state index contributed by atoms with van der Waals surface area (Å²) in [5.74, 6) is 1.65. The number of carbonyl (C=O) groups is 1. The lowest BCUT2D eigenvalue weighted by Gasteiger charge is -2.31. The zero-order chi connectivity index (χ0) is 27.3. The summed E-state index contributed by atoms with van der Waals surface area (Å²) in [6, 6.07) is 3.87. The van der Waals surface area contributed by atoms with Crippen LogP contribution in [0.3, 0.4) is 0 Å². The van der Waals surface area contributed by atoms with E-state index in [1.54, 1.807) is 0 Å². The van der Waals surface area contributed by atoms with E-state index in [1.807, 2.05) is 32.3 Å². The first-order valence-electron chi connectivity index (χ1n) is 13.8. The van der Waals surface area contributed by atoms with Crippen LogP contribution in [0.25, 0.3) is 11.0 Å². The molecule has 1 amide bonds. The second-order valence-corrected chi connectivity index (χ2v) is 9.64. The number of hydrogen-bond donors (Lipinski definition) is 2. The van der Waals surface area contributed by atoms with Gasteiger partial charge in [-0.05, 0) is 52.3 Å². The number of likely N-dealkylation sites (N-methyl/N-ethyl adjacent to an activating group) is 1. The standard InChI is InChI=1S/C28H43N7O3/c1-5-15-37-19-25(30-6-2)33-17-20(3)21-11-12-22-26(34-24(29)18-32-22)27(21)38-16-9-13-31-28(36)23-10-7-8-14-35(23)4/h11-12,17-18,20,23H,5-10,13-16,19H2,1-4H3,(H2,29,34)(H,31,36)/b30-25-,33-17-. The molecular weight excluding hydrogens is 482 g/mol. The SMILES string of the molecule is CCCOCC(/N=C\C(C)c1ccc2ncc(N)nc2c1OCCCNC(=O)C1CCCCN1C)=N/CC. The highest BCUT2D eigenvalue weighted by atomic mass is 16.5. The largest absolute Gasteiger partial charge is 0.491 e. The van der Waals surface area contributed by atoms with E-state index in [-0.39, 0.29) is 17.9 Å². The van der Waals surface area contributed by atoms with Gasteiger partial charge in [0.25, 0.3) is 0 Å². The number of carbonyl (C=O) groups excluding carboxylic acids is 1. The molecule has 0 spiro atoms. The van der Waals surface area contributed by atoms with Crippen molar-refractivity contribution in [3.8, 4) is 5.75 Å². The molecule has 1 saturated heterocycles. The van der Waals surface area contributed by atoms with Crippen LogP contribution in [0.1, 0.15) is 64.4 Å². The highest BCUT2D eigenvalue weighted by Gasteiger charge is 2.25. The van der Waals surface area contributed by atoms with Gasteiger partial charge >= 0.3 is 0 Å². The van der Waals surface area contributed by atoms with Crippen LogP contribution in [-0.4, -0.2) is 85.4 Å². The van der Waals surface area contributed by atoms with Gasteiger partial charge in [0.05, 0.1) is 24.4 Å². The van der Waals surface area contributed by atoms with Crippen molar-refractivity contribution in [3.05, 3.63) is 23.9 Å². The Morgan fingerprint density at radius 1 is 1.32 bits per heavy atom. The third kappa shape index (κ3) is 8.46. The minimum Gasteiger partial charge on any atom is -0.491 e. The summed E-state index contributed by atoms with van der Waals surface area (Å²) in [6.45, 7) is 9.73. The molecule has 2 unspecified atom stereocenters. The molecule has 1 aromatic heterocycles. The van der Waals surface area contributed by atoms with Crippen LogP contribution >= 0.6 is 0 Å². The highest BCUT2D eigenvalue weighted by molar-refractivity contribution is 5.93. The number of aliphatic imine (C=N–C) groups is 2. The van der Waals surface area contributed by atoms with Gasteiger partial charge in [0, 0.05) is 37.4 Å². The summed E-state index contributed by atoms with van der Waals surface area (Å²) < 4.78 is 11.9. The highest BCUT2D eigenvalue weighted by Crippen LogP contribution is 2.33. The minimum absolute atomic E-state index is 0.0405. The average molecular weight is 526 g/mol. The average Bonchev–Trinajstić information content (AvgIpc) is 2.91. The van der Waals surface area contributed by atoms with E-state index in [0.29, 0.717) is 67.8 Å². The monoisotopic (exact) mass is 525 g/mol. The van der Waals surface area contributed by atoms with Crippen LogP contribution in [0.5, 0.6) is 5.75 Å². The molecule has 1 aliphatic rings. The van der Waals surface area contributed by atoms with Crippen LogP contribution in [0.15, 0.2) is 28.3 Å². The maximum atomic E-state index is 12.6. The molecular formula is C28H43N7O3. The third-order valence-electron chi connectivity index (χ3n) is 6.52. The topological polar surface area (TPSA) is 127 Å². The van der Waals surface area contributed by atoms with Crippen molar-refractivity contribution in [3.63, 3.8) is 0 Å². The molecule has 10 heteroatoms. The zero-order valence-electron chi connectivity index (χ0n) is 23.3. The van der Waals surface area contributed by atoms with Gasteiger partial charge in [0.15, 0.2) is 5.75 Å². The number of nitrogens with two attached hydrogens (primary N) is 1. The Kier molecular flexibility index (Phi) is 11.9. The second kappa shape index (κ2) is 15.3. The second-order valence-electron chi connectivity index (χ2n) is 9.64. The van der Waals surface area contributed by atoms with Crippen LogP contribution in [-0.2, 0) is 9.53 Å². The molecule has 3 N–H and O–H groups in total. The predicted octanol–water partition coefficient (Wildman–Crippen LogP) is 3.60. The zero-order valence-corrected chi connectivity index (χ0v) is 23.3. The predicted molar refractivity (Wildman–Crippen MR) is 153 cm³/mol. The molecule has 1 aliphatic heterocycles. The van der Waals surface area contributed by atoms with E-state index in [9.17, 15) is 4.79 Å². The summed E-state index contributed by atoms with van der Waals surface area (Å²) in [5.41, 5.74) is 8.21. The number of nitrogens with one attached hydrogen (secondary N) is 1. The van der Waals surface area contributed by atoms with Gasteiger partial charge in [0.2, 0.25) is 5.91 Å². The molecule has 0 aliphatic carbocycles. The fourth-order valence-corrected chi connectivity index (χ4v) is 4.47. The van der Waals surface area contributed by atoms with Crippen molar-refractivity contribution in [1.29, 1.82) is 0 Å². The van der Waals surface area contributed by atoms with Gasteiger partial charge in [-0.25, -0.2) is 9.98 Å². The van der Waals surface area contributed by atoms with Crippen molar-refractivity contribution < 1.29 is 14.3 Å². The fraction of sp³-hybridized carbons (Fsp3) is 0.607. The summed E-state index contributed by atoms with van der Waals surface area (Å²) >= 11 is 0. The Labute approximate surface area is 226 Å². The number of fused-ring (bicyclic) bond motifs is 1. The van der Waals surface area contributed by atoms with Crippen LogP contribution in [0.4, 0.5) is 5.82 Å². The van der Waals surface area contributed by atoms with E-state index in [4.69, 9.17) is 15.2 Å². The number of rotatable bonds is 13. The maximum Gasteiger partial charge on any atom is 0.237 e. The fourth-order valence-electron chi connectivity index (χ4n) is 4.47. The van der Waals surface area contributed by atoms with Gasteiger partial charge in [0.1, 0.15) is 23.8 Å². The van der Waals surface area contributed by atoms with E-state index in [2.05, 4.69) is 44.0 Å². The lowest BCUT2D eigenvalue weighted by atomic mass is 10.00. The normalized spacial score (nSPS) is 17.7. The number of amidine groups is 1. The molecule has 38 heavy (non-hydrogen) atoms. The van der Waals surface area contributed by atoms with E-state index in [0.717, 1.165) is 37.8 Å². The summed E-state index contributed by atoms with van der Waals surface area (Å²) in [5, 5.41) is 3.06. The lowest BCUT2D eigenvalue weighted by Crippen LogP contribution is -2.47. The Hall–Kier alpha value is -3.11. The molecule has 1 fully saturated rings. The maximum absolute atomic E-state index is 12.6. The Morgan fingerprint density at radius 3 is 2.92 bits per heavy atom. The number of likely N-dealkylation sites (tertiary alicyclic amines) is 1. The van der Waals surface area contributed by atoms with Gasteiger partial charge in [-0.3, -0.25) is 19.7 Å². The number of ether oxygens (including phenoxy) is 2. The van der Waals surface area contributed by atoms with Crippen molar-refractivity contribution in [2.45, 2.75) is 64.8 Å². The molecule has 2 atom stereocenters. The van der Waals surface area contributed by atoms with E-state index < -0.39 is 0 Å². The number of anilines is 1. The number of piperidine rings is 1. The van der Waals surface area contributed by atoms with Gasteiger partial charge in [-0.15, -0.1) is 0 Å². The number of nitrogens with zero attached hydrogens (tertiary/aromatic N) is 5. The molecule has 0 radical (unpaired) electrons. The number of amides is 1. The van der Waals surface area contributed by atoms with Gasteiger partial charge in [-0.1, -0.05) is 26.3 Å². The first-order chi connectivity index (χ1) is 18.4. The first-order valence-corrected chi connectivity index (χ1v) is 13.8. The summed E-state index contributed by atoms with van der Waals surface area (Å²) in [6.07, 6.45) is 8.17. The quantitative estimate of drug-likeness (QED) is 0.232. The first kappa shape index (κ1) is 29.4. The smallest absolute Gasteiger partial charge is 0.237 e. The van der Waals surface area contributed by atoms with E-state index >= 15 is 0 Å². The van der Waals surface area contributed by atoms with Crippen LogP contribution < -0.4 is 15.8 Å². The molecule has 2 heterocycles. The molecule has 208 valence electrons. The van der Waals surface area contributed by atoms with Crippen LogP contribution in [0, 0.1) is 0 Å². The molecule has 3 rings (SSSR count). The minimum atomic E-state index is -0.0765. The van der Waals surface area contributed by atoms with Crippen molar-refractivity contribution in [1.82, 2.24) is 20.2 Å². The molecule has 2 aromatic rings. The molecule has 10 nitrogen and oxygen atoms in total. The number of nitrogen functional groups attached to an aromatic ring is 1. The Bertz CT molecular complexity index is 1110. The number of aromatic nitrogens is 2. The third-order valence-corrected chi connectivity index (χ3v) is 6.52. The van der Waals surface area contributed by atoms with Crippen molar-refractivity contribution in [2.75, 3.05) is 52.2 Å². The molecule has 0 saturated carbocycles. The lowest BCUT2D eigenvalue weighted by molar-refractivity contribution is -0.127. The van der Waals surface area contributed by atoms with Gasteiger partial charge < -0.3 is 20.5 Å². The van der Waals surface area contributed by atoms with E-state index in [1.165, 1.54) is 6.20 Å².